The summed E-state index contributed by atoms with van der Waals surface area (Å²) in [6.07, 6.45) is 0. The Bertz CT molecular complexity index is 624. The van der Waals surface area contributed by atoms with E-state index in [-0.39, 0.29) is 5.84 Å². The predicted molar refractivity (Wildman–Crippen MR) is 79.5 cm³/mol. The summed E-state index contributed by atoms with van der Waals surface area (Å²) < 4.78 is 11.1. The van der Waals surface area contributed by atoms with Crippen molar-refractivity contribution in [1.29, 1.82) is 5.41 Å². The first-order valence-electron chi connectivity index (χ1n) is 6.31. The van der Waals surface area contributed by atoms with E-state index in [1.165, 1.54) is 0 Å². The zero-order valence-corrected chi connectivity index (χ0v) is 11.6. The van der Waals surface area contributed by atoms with Crippen molar-refractivity contribution in [3.8, 4) is 11.5 Å². The molecule has 2 aromatic rings. The SMILES string of the molecule is COc1ccc(C)cc1COc1cccc(C(=N)N)c1. The number of rotatable bonds is 5. The monoisotopic (exact) mass is 270 g/mol. The van der Waals surface area contributed by atoms with Crippen LogP contribution in [0.2, 0.25) is 0 Å². The lowest BCUT2D eigenvalue weighted by Gasteiger charge is -2.11. The molecule has 0 saturated heterocycles. The van der Waals surface area contributed by atoms with Gasteiger partial charge in [-0.2, -0.15) is 0 Å². The molecule has 20 heavy (non-hydrogen) atoms. The molecule has 2 rings (SSSR count). The van der Waals surface area contributed by atoms with Crippen molar-refractivity contribution in [2.45, 2.75) is 13.5 Å². The molecule has 0 spiro atoms. The zero-order valence-electron chi connectivity index (χ0n) is 11.6. The lowest BCUT2D eigenvalue weighted by atomic mass is 10.1. The first kappa shape index (κ1) is 13.9. The third-order valence-corrected chi connectivity index (χ3v) is 2.98. The van der Waals surface area contributed by atoms with E-state index < -0.39 is 0 Å². The van der Waals surface area contributed by atoms with Crippen molar-refractivity contribution >= 4 is 5.84 Å². The van der Waals surface area contributed by atoms with Gasteiger partial charge in [0.1, 0.15) is 23.9 Å². The van der Waals surface area contributed by atoms with E-state index in [0.29, 0.717) is 17.9 Å². The Morgan fingerprint density at radius 3 is 2.70 bits per heavy atom. The molecule has 4 heteroatoms. The van der Waals surface area contributed by atoms with Gasteiger partial charge in [0.15, 0.2) is 0 Å². The van der Waals surface area contributed by atoms with Gasteiger partial charge in [0, 0.05) is 11.1 Å². The quantitative estimate of drug-likeness (QED) is 0.648. The molecule has 0 aliphatic carbocycles. The second-order valence-corrected chi connectivity index (χ2v) is 4.55. The maximum absolute atomic E-state index is 7.42. The summed E-state index contributed by atoms with van der Waals surface area (Å²) in [5.41, 5.74) is 8.26. The average molecular weight is 270 g/mol. The number of hydrogen-bond acceptors (Lipinski definition) is 3. The summed E-state index contributed by atoms with van der Waals surface area (Å²) in [5, 5.41) is 7.42. The maximum atomic E-state index is 7.42. The standard InChI is InChI=1S/C16H18N2O2/c1-11-6-7-15(19-2)13(8-11)10-20-14-5-3-4-12(9-14)16(17)18/h3-9H,10H2,1-2H3,(H3,17,18). The second kappa shape index (κ2) is 6.10. The van der Waals surface area contributed by atoms with E-state index in [1.807, 2.05) is 37.3 Å². The lowest BCUT2D eigenvalue weighted by molar-refractivity contribution is 0.296. The fourth-order valence-corrected chi connectivity index (χ4v) is 1.93. The third-order valence-electron chi connectivity index (χ3n) is 2.98. The minimum absolute atomic E-state index is 0.0311. The Morgan fingerprint density at radius 1 is 1.20 bits per heavy atom. The van der Waals surface area contributed by atoms with Gasteiger partial charge in [-0.15, -0.1) is 0 Å². The molecule has 0 fully saturated rings. The van der Waals surface area contributed by atoms with Crippen LogP contribution in [0.25, 0.3) is 0 Å². The van der Waals surface area contributed by atoms with Gasteiger partial charge in [0.05, 0.1) is 7.11 Å². The second-order valence-electron chi connectivity index (χ2n) is 4.55. The number of nitrogens with one attached hydrogen (secondary N) is 1. The highest BCUT2D eigenvalue weighted by atomic mass is 16.5. The van der Waals surface area contributed by atoms with Crippen molar-refractivity contribution in [1.82, 2.24) is 0 Å². The van der Waals surface area contributed by atoms with Crippen LogP contribution >= 0.6 is 0 Å². The summed E-state index contributed by atoms with van der Waals surface area (Å²) >= 11 is 0. The number of amidine groups is 1. The molecule has 0 amide bonds. The Morgan fingerprint density at radius 2 is 2.00 bits per heavy atom. The van der Waals surface area contributed by atoms with Gasteiger partial charge in [0.25, 0.3) is 0 Å². The van der Waals surface area contributed by atoms with E-state index in [4.69, 9.17) is 20.6 Å². The van der Waals surface area contributed by atoms with Crippen LogP contribution < -0.4 is 15.2 Å². The van der Waals surface area contributed by atoms with Crippen LogP contribution in [0.5, 0.6) is 11.5 Å². The minimum Gasteiger partial charge on any atom is -0.496 e. The molecule has 3 N–H and O–H groups in total. The fraction of sp³-hybridized carbons (Fsp3) is 0.188. The van der Waals surface area contributed by atoms with Crippen molar-refractivity contribution in [2.24, 2.45) is 5.73 Å². The summed E-state index contributed by atoms with van der Waals surface area (Å²) in [7, 11) is 1.64. The van der Waals surface area contributed by atoms with Crippen LogP contribution in [0.15, 0.2) is 42.5 Å². The fourth-order valence-electron chi connectivity index (χ4n) is 1.93. The molecule has 0 bridgehead atoms. The Labute approximate surface area is 118 Å². The number of aryl methyl sites for hydroxylation is 1. The molecular weight excluding hydrogens is 252 g/mol. The summed E-state index contributed by atoms with van der Waals surface area (Å²) in [4.78, 5) is 0. The van der Waals surface area contributed by atoms with Crippen LogP contribution in [0.4, 0.5) is 0 Å². The number of hydrogen-bond donors (Lipinski definition) is 2. The zero-order chi connectivity index (χ0) is 14.5. The van der Waals surface area contributed by atoms with Gasteiger partial charge >= 0.3 is 0 Å². The first-order chi connectivity index (χ1) is 9.60. The average Bonchev–Trinajstić information content (AvgIpc) is 2.45. The van der Waals surface area contributed by atoms with Gasteiger partial charge in [-0.05, 0) is 31.2 Å². The van der Waals surface area contributed by atoms with E-state index in [2.05, 4.69) is 0 Å². The molecule has 0 heterocycles. The van der Waals surface area contributed by atoms with Gasteiger partial charge in [-0.1, -0.05) is 23.8 Å². The molecule has 0 radical (unpaired) electrons. The largest absolute Gasteiger partial charge is 0.496 e. The molecule has 4 nitrogen and oxygen atoms in total. The molecule has 0 aliphatic heterocycles. The third kappa shape index (κ3) is 3.29. The van der Waals surface area contributed by atoms with E-state index in [9.17, 15) is 0 Å². The van der Waals surface area contributed by atoms with Crippen LogP contribution in [-0.2, 0) is 6.61 Å². The Kier molecular flexibility index (Phi) is 4.25. The summed E-state index contributed by atoms with van der Waals surface area (Å²) in [6, 6.07) is 13.2. The topological polar surface area (TPSA) is 68.3 Å². The van der Waals surface area contributed by atoms with E-state index in [1.54, 1.807) is 19.2 Å². The smallest absolute Gasteiger partial charge is 0.125 e. The molecule has 0 atom stereocenters. The summed E-state index contributed by atoms with van der Waals surface area (Å²) in [5.74, 6) is 1.52. The van der Waals surface area contributed by atoms with Crippen LogP contribution in [0, 0.1) is 12.3 Å². The normalized spacial score (nSPS) is 10.1. The number of ether oxygens (including phenoxy) is 2. The minimum atomic E-state index is 0.0311. The Balaban J connectivity index is 2.14. The summed E-state index contributed by atoms with van der Waals surface area (Å²) in [6.45, 7) is 2.44. The predicted octanol–water partition coefficient (Wildman–Crippen LogP) is 2.87. The van der Waals surface area contributed by atoms with Gasteiger partial charge < -0.3 is 15.2 Å². The van der Waals surface area contributed by atoms with Crippen LogP contribution in [-0.4, -0.2) is 12.9 Å². The van der Waals surface area contributed by atoms with Crippen molar-refractivity contribution < 1.29 is 9.47 Å². The highest BCUT2D eigenvalue weighted by Gasteiger charge is 2.05. The number of benzene rings is 2. The maximum Gasteiger partial charge on any atom is 0.125 e. The van der Waals surface area contributed by atoms with Crippen LogP contribution in [0.3, 0.4) is 0 Å². The molecule has 0 aromatic heterocycles. The molecular formula is C16H18N2O2. The molecule has 2 aromatic carbocycles. The van der Waals surface area contributed by atoms with Crippen LogP contribution in [0.1, 0.15) is 16.7 Å². The van der Waals surface area contributed by atoms with E-state index >= 15 is 0 Å². The van der Waals surface area contributed by atoms with Crippen molar-refractivity contribution in [3.63, 3.8) is 0 Å². The molecule has 0 unspecified atom stereocenters. The Hall–Kier alpha value is -2.49. The van der Waals surface area contributed by atoms with Gasteiger partial charge in [-0.3, -0.25) is 5.41 Å². The number of nitrogens with two attached hydrogens (primary N) is 1. The van der Waals surface area contributed by atoms with Gasteiger partial charge in [0.2, 0.25) is 0 Å². The van der Waals surface area contributed by atoms with Gasteiger partial charge in [-0.25, -0.2) is 0 Å². The highest BCUT2D eigenvalue weighted by Crippen LogP contribution is 2.22. The first-order valence-corrected chi connectivity index (χ1v) is 6.31. The van der Waals surface area contributed by atoms with E-state index in [0.717, 1.165) is 16.9 Å². The number of nitrogen functional groups attached to an aromatic ring is 1. The number of methoxy groups -OCH3 is 1. The highest BCUT2D eigenvalue weighted by molar-refractivity contribution is 5.95. The molecule has 0 aliphatic rings. The lowest BCUT2D eigenvalue weighted by Crippen LogP contribution is -2.10. The molecule has 0 saturated carbocycles. The van der Waals surface area contributed by atoms with Crippen molar-refractivity contribution in [3.05, 3.63) is 59.2 Å². The van der Waals surface area contributed by atoms with Crippen molar-refractivity contribution in [2.75, 3.05) is 7.11 Å². The molecule has 104 valence electrons.